The van der Waals surface area contributed by atoms with Crippen LogP contribution in [-0.4, -0.2) is 34.8 Å². The lowest BCUT2D eigenvalue weighted by Crippen LogP contribution is -2.34. The maximum absolute atomic E-state index is 12.3. The molecule has 24 heavy (non-hydrogen) atoms. The highest BCUT2D eigenvalue weighted by molar-refractivity contribution is 5.94. The van der Waals surface area contributed by atoms with Crippen molar-refractivity contribution in [2.24, 2.45) is 0 Å². The summed E-state index contributed by atoms with van der Waals surface area (Å²) in [6.07, 6.45) is 2.26. The number of hydrogen-bond acceptors (Lipinski definition) is 5. The lowest BCUT2D eigenvalue weighted by atomic mass is 10.1. The van der Waals surface area contributed by atoms with Crippen molar-refractivity contribution in [2.45, 2.75) is 44.9 Å². The van der Waals surface area contributed by atoms with Gasteiger partial charge in [-0.15, -0.1) is 0 Å². The molecule has 1 heterocycles. The predicted molar refractivity (Wildman–Crippen MR) is 88.4 cm³/mol. The summed E-state index contributed by atoms with van der Waals surface area (Å²) in [5.41, 5.74) is -0.227. The molecule has 2 atom stereocenters. The van der Waals surface area contributed by atoms with Gasteiger partial charge < -0.3 is 14.5 Å². The average molecular weight is 332 g/mol. The standard InChI is InChI=1S/C17H20N2O5/c1-3-19-15(20)11-8-7-10(9-12(11)18-17(19)22)16(21)24-14-6-4-5-13(14)23-2/h7-9,13-14H,3-6H2,1-2H3,(H,18,22)/t13-,14+/m0/s1. The lowest BCUT2D eigenvalue weighted by molar-refractivity contribution is -0.0206. The average Bonchev–Trinajstić information content (AvgIpc) is 3.01. The van der Waals surface area contributed by atoms with Gasteiger partial charge in [0.15, 0.2) is 0 Å². The van der Waals surface area contributed by atoms with Crippen molar-refractivity contribution in [2.75, 3.05) is 7.11 Å². The molecular formula is C17H20N2O5. The van der Waals surface area contributed by atoms with E-state index in [9.17, 15) is 14.4 Å². The molecule has 0 saturated heterocycles. The molecule has 1 fully saturated rings. The van der Waals surface area contributed by atoms with Crippen LogP contribution in [0.1, 0.15) is 36.5 Å². The molecule has 0 radical (unpaired) electrons. The second kappa shape index (κ2) is 6.60. The minimum atomic E-state index is -0.490. The second-order valence-electron chi connectivity index (χ2n) is 5.89. The number of aromatic nitrogens is 2. The van der Waals surface area contributed by atoms with E-state index in [1.165, 1.54) is 6.07 Å². The summed E-state index contributed by atoms with van der Waals surface area (Å²) in [4.78, 5) is 39.1. The zero-order valence-corrected chi connectivity index (χ0v) is 13.7. The number of fused-ring (bicyclic) bond motifs is 1. The molecule has 1 saturated carbocycles. The van der Waals surface area contributed by atoms with E-state index in [1.54, 1.807) is 26.2 Å². The van der Waals surface area contributed by atoms with Gasteiger partial charge in [-0.25, -0.2) is 9.59 Å². The molecule has 7 nitrogen and oxygen atoms in total. The first kappa shape index (κ1) is 16.4. The largest absolute Gasteiger partial charge is 0.456 e. The van der Waals surface area contributed by atoms with E-state index < -0.39 is 11.7 Å². The fraction of sp³-hybridized carbons (Fsp3) is 0.471. The minimum absolute atomic E-state index is 0.0778. The van der Waals surface area contributed by atoms with Crippen molar-refractivity contribution in [1.29, 1.82) is 0 Å². The Morgan fingerprint density at radius 1 is 1.29 bits per heavy atom. The minimum Gasteiger partial charge on any atom is -0.456 e. The normalized spacial score (nSPS) is 20.4. The van der Waals surface area contributed by atoms with E-state index >= 15 is 0 Å². The summed E-state index contributed by atoms with van der Waals surface area (Å²) in [5.74, 6) is -0.480. The number of nitrogens with zero attached hydrogens (tertiary/aromatic N) is 1. The number of hydrogen-bond donors (Lipinski definition) is 1. The number of carbonyl (C=O) groups excluding carboxylic acids is 1. The fourth-order valence-electron chi connectivity index (χ4n) is 3.17. The van der Waals surface area contributed by atoms with Crippen LogP contribution in [0.5, 0.6) is 0 Å². The van der Waals surface area contributed by atoms with Crippen LogP contribution in [0.15, 0.2) is 27.8 Å². The number of rotatable bonds is 4. The molecular weight excluding hydrogens is 312 g/mol. The highest BCUT2D eigenvalue weighted by Gasteiger charge is 2.30. The van der Waals surface area contributed by atoms with Gasteiger partial charge in [-0.05, 0) is 44.4 Å². The Bertz CT molecular complexity index is 883. The molecule has 0 amide bonds. The van der Waals surface area contributed by atoms with E-state index in [0.717, 1.165) is 23.8 Å². The molecule has 0 spiro atoms. The number of H-pyrrole nitrogens is 1. The van der Waals surface area contributed by atoms with Gasteiger partial charge in [-0.1, -0.05) is 0 Å². The van der Waals surface area contributed by atoms with Gasteiger partial charge in [0, 0.05) is 13.7 Å². The Kier molecular flexibility index (Phi) is 4.53. The summed E-state index contributed by atoms with van der Waals surface area (Å²) >= 11 is 0. The van der Waals surface area contributed by atoms with Gasteiger partial charge >= 0.3 is 11.7 Å². The Balaban J connectivity index is 1.92. The first-order valence-electron chi connectivity index (χ1n) is 8.05. The maximum Gasteiger partial charge on any atom is 0.338 e. The zero-order valence-electron chi connectivity index (χ0n) is 13.7. The van der Waals surface area contributed by atoms with Crippen molar-refractivity contribution in [3.8, 4) is 0 Å². The molecule has 7 heteroatoms. The number of aromatic amines is 1. The first-order chi connectivity index (χ1) is 11.5. The van der Waals surface area contributed by atoms with Crippen molar-refractivity contribution in [3.05, 3.63) is 44.6 Å². The summed E-state index contributed by atoms with van der Waals surface area (Å²) < 4.78 is 11.9. The number of carbonyl (C=O) groups is 1. The van der Waals surface area contributed by atoms with Crippen molar-refractivity contribution >= 4 is 16.9 Å². The van der Waals surface area contributed by atoms with E-state index in [1.807, 2.05) is 0 Å². The van der Waals surface area contributed by atoms with Gasteiger partial charge in [0.2, 0.25) is 0 Å². The van der Waals surface area contributed by atoms with Crippen molar-refractivity contribution < 1.29 is 14.3 Å². The molecule has 1 aliphatic rings. The van der Waals surface area contributed by atoms with Crippen LogP contribution < -0.4 is 11.2 Å². The van der Waals surface area contributed by atoms with Crippen LogP contribution >= 0.6 is 0 Å². The third-order valence-corrected chi connectivity index (χ3v) is 4.49. The number of methoxy groups -OCH3 is 1. The van der Waals surface area contributed by atoms with E-state index in [4.69, 9.17) is 9.47 Å². The van der Waals surface area contributed by atoms with Crippen molar-refractivity contribution in [3.63, 3.8) is 0 Å². The third-order valence-electron chi connectivity index (χ3n) is 4.49. The molecule has 1 aromatic heterocycles. The van der Waals surface area contributed by atoms with Gasteiger partial charge in [-0.2, -0.15) is 0 Å². The molecule has 1 aromatic carbocycles. The SMILES string of the molecule is CCn1c(=O)[nH]c2cc(C(=O)O[C@@H]3CCC[C@@H]3OC)ccc2c1=O. The summed E-state index contributed by atoms with van der Waals surface area (Å²) in [6, 6.07) is 4.57. The van der Waals surface area contributed by atoms with Crippen LogP contribution in [0.25, 0.3) is 10.9 Å². The maximum atomic E-state index is 12.3. The van der Waals surface area contributed by atoms with Gasteiger partial charge in [0.1, 0.15) is 6.10 Å². The molecule has 1 N–H and O–H groups in total. The van der Waals surface area contributed by atoms with Crippen LogP contribution in [-0.2, 0) is 16.0 Å². The Hall–Kier alpha value is -2.41. The highest BCUT2D eigenvalue weighted by Crippen LogP contribution is 2.25. The van der Waals surface area contributed by atoms with Crippen LogP contribution in [0.4, 0.5) is 0 Å². The van der Waals surface area contributed by atoms with E-state index in [-0.39, 0.29) is 24.3 Å². The lowest BCUT2D eigenvalue weighted by Gasteiger charge is -2.18. The Morgan fingerprint density at radius 3 is 2.75 bits per heavy atom. The monoisotopic (exact) mass is 332 g/mol. The number of ether oxygens (including phenoxy) is 2. The van der Waals surface area contributed by atoms with E-state index in [2.05, 4.69) is 4.98 Å². The predicted octanol–water partition coefficient (Wildman–Crippen LogP) is 1.43. The topological polar surface area (TPSA) is 90.4 Å². The molecule has 0 bridgehead atoms. The summed E-state index contributed by atoms with van der Waals surface area (Å²) in [6.45, 7) is 2.01. The number of benzene rings is 1. The molecule has 3 rings (SSSR count). The van der Waals surface area contributed by atoms with E-state index in [0.29, 0.717) is 16.5 Å². The Labute approximate surface area is 138 Å². The second-order valence-corrected chi connectivity index (χ2v) is 5.89. The van der Waals surface area contributed by atoms with Crippen LogP contribution in [0, 0.1) is 0 Å². The number of esters is 1. The van der Waals surface area contributed by atoms with Gasteiger partial charge in [0.25, 0.3) is 5.56 Å². The van der Waals surface area contributed by atoms with Gasteiger partial charge in [-0.3, -0.25) is 9.36 Å². The van der Waals surface area contributed by atoms with Crippen LogP contribution in [0.3, 0.4) is 0 Å². The van der Waals surface area contributed by atoms with Gasteiger partial charge in [0.05, 0.1) is 22.6 Å². The Morgan fingerprint density at radius 2 is 2.04 bits per heavy atom. The van der Waals surface area contributed by atoms with Crippen LogP contribution in [0.2, 0.25) is 0 Å². The van der Waals surface area contributed by atoms with Crippen molar-refractivity contribution in [1.82, 2.24) is 9.55 Å². The third kappa shape index (κ3) is 2.87. The molecule has 2 aromatic rings. The first-order valence-corrected chi connectivity index (χ1v) is 8.05. The number of nitrogens with one attached hydrogen (secondary N) is 1. The molecule has 0 aliphatic heterocycles. The quantitative estimate of drug-likeness (QED) is 0.856. The molecule has 128 valence electrons. The summed E-state index contributed by atoms with van der Waals surface area (Å²) in [5, 5.41) is 0.364. The molecule has 0 unspecified atom stereocenters. The fourth-order valence-corrected chi connectivity index (χ4v) is 3.17. The summed E-state index contributed by atoms with van der Waals surface area (Å²) in [7, 11) is 1.61. The smallest absolute Gasteiger partial charge is 0.338 e. The highest BCUT2D eigenvalue weighted by atomic mass is 16.6. The molecule has 1 aliphatic carbocycles. The zero-order chi connectivity index (χ0) is 17.3.